The Balaban J connectivity index is 2.25. The maximum atomic E-state index is 9.47. The van der Waals surface area contributed by atoms with Crippen molar-refractivity contribution in [1.82, 2.24) is 9.88 Å². The van der Waals surface area contributed by atoms with Crippen LogP contribution in [0.15, 0.2) is 24.4 Å². The molecule has 1 aromatic heterocycles. The minimum Gasteiger partial charge on any atom is -0.392 e. The first-order valence-corrected chi connectivity index (χ1v) is 5.49. The second kappa shape index (κ2) is 6.53. The van der Waals surface area contributed by atoms with Gasteiger partial charge in [-0.05, 0) is 25.6 Å². The number of aromatic nitrogens is 1. The molecule has 0 spiro atoms. The SMILES string of the molecule is CC[C@@H](O)CN(C)CCc1ccccn1. The van der Waals surface area contributed by atoms with Crippen LogP contribution in [0.2, 0.25) is 0 Å². The standard InChI is InChI=1S/C12H20N2O/c1-3-12(15)10-14(2)9-7-11-6-4-5-8-13-11/h4-6,8,12,15H,3,7,9-10H2,1-2H3/t12-/m1/s1. The van der Waals surface area contributed by atoms with Crippen molar-refractivity contribution in [2.75, 3.05) is 20.1 Å². The van der Waals surface area contributed by atoms with Gasteiger partial charge in [0.05, 0.1) is 6.10 Å². The molecule has 84 valence electrons. The smallest absolute Gasteiger partial charge is 0.0664 e. The van der Waals surface area contributed by atoms with Gasteiger partial charge in [-0.25, -0.2) is 0 Å². The first-order chi connectivity index (χ1) is 7.22. The predicted molar refractivity (Wildman–Crippen MR) is 61.7 cm³/mol. The molecule has 0 aliphatic rings. The van der Waals surface area contributed by atoms with E-state index in [2.05, 4.69) is 9.88 Å². The van der Waals surface area contributed by atoms with Crippen LogP contribution >= 0.6 is 0 Å². The zero-order valence-corrected chi connectivity index (χ0v) is 9.56. The van der Waals surface area contributed by atoms with Gasteiger partial charge < -0.3 is 10.0 Å². The lowest BCUT2D eigenvalue weighted by molar-refractivity contribution is 0.123. The molecule has 0 unspecified atom stereocenters. The first-order valence-electron chi connectivity index (χ1n) is 5.49. The van der Waals surface area contributed by atoms with Crippen LogP contribution in [-0.2, 0) is 6.42 Å². The highest BCUT2D eigenvalue weighted by Gasteiger charge is 2.05. The van der Waals surface area contributed by atoms with E-state index in [0.29, 0.717) is 0 Å². The van der Waals surface area contributed by atoms with Gasteiger partial charge in [0.1, 0.15) is 0 Å². The van der Waals surface area contributed by atoms with Crippen molar-refractivity contribution in [1.29, 1.82) is 0 Å². The van der Waals surface area contributed by atoms with Gasteiger partial charge in [-0.15, -0.1) is 0 Å². The maximum absolute atomic E-state index is 9.47. The largest absolute Gasteiger partial charge is 0.392 e. The first kappa shape index (κ1) is 12.1. The summed E-state index contributed by atoms with van der Waals surface area (Å²) in [5.74, 6) is 0. The van der Waals surface area contributed by atoms with Gasteiger partial charge in [0.15, 0.2) is 0 Å². The Morgan fingerprint density at radius 1 is 1.47 bits per heavy atom. The lowest BCUT2D eigenvalue weighted by Gasteiger charge is -2.19. The third-order valence-electron chi connectivity index (χ3n) is 2.47. The van der Waals surface area contributed by atoms with E-state index in [0.717, 1.165) is 31.6 Å². The molecule has 1 heterocycles. The summed E-state index contributed by atoms with van der Waals surface area (Å²) in [6.45, 7) is 3.68. The van der Waals surface area contributed by atoms with Gasteiger partial charge in [0, 0.05) is 31.4 Å². The normalized spacial score (nSPS) is 13.1. The van der Waals surface area contributed by atoms with E-state index in [1.54, 1.807) is 0 Å². The minimum absolute atomic E-state index is 0.210. The Morgan fingerprint density at radius 2 is 2.27 bits per heavy atom. The summed E-state index contributed by atoms with van der Waals surface area (Å²) < 4.78 is 0. The summed E-state index contributed by atoms with van der Waals surface area (Å²) in [5, 5.41) is 9.47. The molecule has 0 bridgehead atoms. The van der Waals surface area contributed by atoms with Crippen LogP contribution in [0.4, 0.5) is 0 Å². The number of nitrogens with zero attached hydrogens (tertiary/aromatic N) is 2. The van der Waals surface area contributed by atoms with Gasteiger partial charge in [-0.1, -0.05) is 13.0 Å². The molecule has 0 aliphatic carbocycles. The van der Waals surface area contributed by atoms with Gasteiger partial charge in [-0.3, -0.25) is 4.98 Å². The molecule has 0 radical (unpaired) electrons. The fourth-order valence-electron chi connectivity index (χ4n) is 1.43. The molecule has 1 atom stereocenters. The molecule has 0 aromatic carbocycles. The third-order valence-corrected chi connectivity index (χ3v) is 2.47. The molecule has 15 heavy (non-hydrogen) atoms. The molecule has 0 amide bonds. The highest BCUT2D eigenvalue weighted by molar-refractivity contribution is 5.03. The molecule has 0 fully saturated rings. The molecular weight excluding hydrogens is 188 g/mol. The lowest BCUT2D eigenvalue weighted by Crippen LogP contribution is -2.30. The highest BCUT2D eigenvalue weighted by Crippen LogP contribution is 1.98. The molecule has 1 rings (SSSR count). The van der Waals surface area contributed by atoms with E-state index in [-0.39, 0.29) is 6.10 Å². The second-order valence-electron chi connectivity index (χ2n) is 3.90. The maximum Gasteiger partial charge on any atom is 0.0664 e. The molecule has 0 aliphatic heterocycles. The van der Waals surface area contributed by atoms with E-state index in [9.17, 15) is 5.11 Å². The fourth-order valence-corrected chi connectivity index (χ4v) is 1.43. The van der Waals surface area contributed by atoms with Crippen LogP contribution in [-0.4, -0.2) is 41.2 Å². The number of likely N-dealkylation sites (N-methyl/N-ethyl adjacent to an activating group) is 1. The van der Waals surface area contributed by atoms with Crippen LogP contribution in [0.25, 0.3) is 0 Å². The summed E-state index contributed by atoms with van der Waals surface area (Å²) >= 11 is 0. The molecular formula is C12H20N2O. The molecule has 0 saturated carbocycles. The third kappa shape index (κ3) is 4.91. The fraction of sp³-hybridized carbons (Fsp3) is 0.583. The molecule has 3 nitrogen and oxygen atoms in total. The number of pyridine rings is 1. The summed E-state index contributed by atoms with van der Waals surface area (Å²) in [6, 6.07) is 5.96. The van der Waals surface area contributed by atoms with Crippen LogP contribution in [0.1, 0.15) is 19.0 Å². The van der Waals surface area contributed by atoms with Crippen molar-refractivity contribution >= 4 is 0 Å². The van der Waals surface area contributed by atoms with Crippen LogP contribution < -0.4 is 0 Å². The molecule has 1 N–H and O–H groups in total. The van der Waals surface area contributed by atoms with Gasteiger partial charge >= 0.3 is 0 Å². The van der Waals surface area contributed by atoms with Crippen molar-refractivity contribution in [3.8, 4) is 0 Å². The Morgan fingerprint density at radius 3 is 2.87 bits per heavy atom. The Kier molecular flexibility index (Phi) is 5.29. The Hall–Kier alpha value is -0.930. The van der Waals surface area contributed by atoms with Gasteiger partial charge in [0.25, 0.3) is 0 Å². The average Bonchev–Trinajstić information content (AvgIpc) is 2.27. The number of aliphatic hydroxyl groups is 1. The second-order valence-corrected chi connectivity index (χ2v) is 3.90. The van der Waals surface area contributed by atoms with Crippen LogP contribution in [0, 0.1) is 0 Å². The topological polar surface area (TPSA) is 36.4 Å². The number of hydrogen-bond donors (Lipinski definition) is 1. The number of hydrogen-bond acceptors (Lipinski definition) is 3. The molecule has 0 saturated heterocycles. The van der Waals surface area contributed by atoms with Crippen molar-refractivity contribution < 1.29 is 5.11 Å². The number of aliphatic hydroxyl groups excluding tert-OH is 1. The Bertz CT molecular complexity index is 264. The van der Waals surface area contributed by atoms with E-state index in [4.69, 9.17) is 0 Å². The van der Waals surface area contributed by atoms with Crippen molar-refractivity contribution in [3.63, 3.8) is 0 Å². The zero-order valence-electron chi connectivity index (χ0n) is 9.56. The van der Waals surface area contributed by atoms with Crippen LogP contribution in [0.5, 0.6) is 0 Å². The van der Waals surface area contributed by atoms with Crippen molar-refractivity contribution in [2.45, 2.75) is 25.9 Å². The zero-order chi connectivity index (χ0) is 11.1. The monoisotopic (exact) mass is 208 g/mol. The van der Waals surface area contributed by atoms with Crippen LogP contribution in [0.3, 0.4) is 0 Å². The molecule has 3 heteroatoms. The lowest BCUT2D eigenvalue weighted by atomic mass is 10.2. The quantitative estimate of drug-likeness (QED) is 0.766. The predicted octanol–water partition coefficient (Wildman–Crippen LogP) is 1.33. The highest BCUT2D eigenvalue weighted by atomic mass is 16.3. The van der Waals surface area contributed by atoms with E-state index in [1.165, 1.54) is 0 Å². The van der Waals surface area contributed by atoms with E-state index in [1.807, 2.05) is 38.4 Å². The average molecular weight is 208 g/mol. The van der Waals surface area contributed by atoms with Gasteiger partial charge in [-0.2, -0.15) is 0 Å². The summed E-state index contributed by atoms with van der Waals surface area (Å²) in [5.41, 5.74) is 1.11. The molecule has 1 aromatic rings. The summed E-state index contributed by atoms with van der Waals surface area (Å²) in [6.07, 6.45) is 3.36. The summed E-state index contributed by atoms with van der Waals surface area (Å²) in [4.78, 5) is 6.40. The van der Waals surface area contributed by atoms with E-state index >= 15 is 0 Å². The van der Waals surface area contributed by atoms with Gasteiger partial charge in [0.2, 0.25) is 0 Å². The number of rotatable bonds is 6. The van der Waals surface area contributed by atoms with E-state index < -0.39 is 0 Å². The minimum atomic E-state index is -0.210. The Labute approximate surface area is 91.8 Å². The van der Waals surface area contributed by atoms with Crippen molar-refractivity contribution in [2.24, 2.45) is 0 Å². The summed E-state index contributed by atoms with van der Waals surface area (Å²) in [7, 11) is 2.03. The van der Waals surface area contributed by atoms with Crippen molar-refractivity contribution in [3.05, 3.63) is 30.1 Å².